The fourth-order valence-corrected chi connectivity index (χ4v) is 13.7. The summed E-state index contributed by atoms with van der Waals surface area (Å²) in [5.41, 5.74) is 2.01. The van der Waals surface area contributed by atoms with Crippen molar-refractivity contribution in [3.8, 4) is 0 Å². The van der Waals surface area contributed by atoms with Crippen LogP contribution in [0.5, 0.6) is 0 Å². The van der Waals surface area contributed by atoms with Crippen LogP contribution in [0, 0.1) is 67.0 Å². The summed E-state index contributed by atoms with van der Waals surface area (Å²) in [6.07, 6.45) is 15.2. The number of nitrogens with one attached hydrogen (secondary N) is 1. The van der Waals surface area contributed by atoms with Crippen LogP contribution in [0.25, 0.3) is 0 Å². The monoisotopic (exact) mass is 653 g/mol. The maximum Gasteiger partial charge on any atom is 0.306 e. The fourth-order valence-electron chi connectivity index (χ4n) is 13.7. The van der Waals surface area contributed by atoms with Gasteiger partial charge in [-0.15, -0.1) is 4.91 Å². The molecule has 1 amide bonds. The standard InChI is InChI=1S/C41H68N2O4/c1-11-42-24-12-18-41-21-15-28(27(2)3)35(41)29-13-14-31-38(8)19-17-32(47-34(45)26-36(4,5)25-33(44)43-46)37(6,7)30(38)16-20-40(31,10)39(29,9)22-23-41/h28-32,35,42H,2,11-26H2,1,3-10H3/t28-,29+,30-,31+,32-,35+,38-,39+,40+,41+/m0/s1. The highest BCUT2D eigenvalue weighted by Crippen LogP contribution is 2.78. The molecule has 0 spiro atoms. The number of nitrogens with zero attached hydrogens (tertiary/aromatic N) is 1. The smallest absolute Gasteiger partial charge is 0.306 e. The first-order valence-electron chi connectivity index (χ1n) is 19.3. The van der Waals surface area contributed by atoms with Crippen molar-refractivity contribution in [1.29, 1.82) is 0 Å². The van der Waals surface area contributed by atoms with E-state index in [9.17, 15) is 14.5 Å². The molecule has 0 saturated heterocycles. The second kappa shape index (κ2) is 13.0. The molecular formula is C41H68N2O4. The molecule has 10 atom stereocenters. The molecule has 0 unspecified atom stereocenters. The zero-order chi connectivity index (χ0) is 34.6. The molecule has 6 nitrogen and oxygen atoms in total. The van der Waals surface area contributed by atoms with Crippen LogP contribution in [0.3, 0.4) is 0 Å². The molecule has 1 N–H and O–H groups in total. The van der Waals surface area contributed by atoms with Gasteiger partial charge < -0.3 is 10.1 Å². The highest BCUT2D eigenvalue weighted by molar-refractivity contribution is 5.78. The van der Waals surface area contributed by atoms with E-state index in [0.717, 1.165) is 37.8 Å². The first-order valence-corrected chi connectivity index (χ1v) is 19.3. The van der Waals surface area contributed by atoms with Crippen molar-refractivity contribution < 1.29 is 14.3 Å². The van der Waals surface area contributed by atoms with Gasteiger partial charge in [-0.05, 0) is 154 Å². The Morgan fingerprint density at radius 3 is 2.28 bits per heavy atom. The molecule has 5 rings (SSSR count). The molecule has 0 aliphatic heterocycles. The lowest BCUT2D eigenvalue weighted by atomic mass is 9.32. The minimum atomic E-state index is -0.707. The molecule has 5 aliphatic rings. The zero-order valence-electron chi connectivity index (χ0n) is 31.6. The van der Waals surface area contributed by atoms with E-state index in [1.54, 1.807) is 0 Å². The largest absolute Gasteiger partial charge is 0.462 e. The Morgan fingerprint density at radius 1 is 0.894 bits per heavy atom. The van der Waals surface area contributed by atoms with Crippen LogP contribution in [0.4, 0.5) is 0 Å². The van der Waals surface area contributed by atoms with Crippen LogP contribution >= 0.6 is 0 Å². The summed E-state index contributed by atoms with van der Waals surface area (Å²) in [6, 6.07) is 0. The van der Waals surface area contributed by atoms with E-state index in [-0.39, 0.29) is 35.7 Å². The number of nitroso groups, excluding NO2 is 1. The lowest BCUT2D eigenvalue weighted by Gasteiger charge is -2.73. The van der Waals surface area contributed by atoms with Crippen LogP contribution in [0.2, 0.25) is 0 Å². The predicted molar refractivity (Wildman–Crippen MR) is 190 cm³/mol. The molecule has 0 heterocycles. The molecule has 266 valence electrons. The van der Waals surface area contributed by atoms with Crippen LogP contribution in [0.1, 0.15) is 152 Å². The Balaban J connectivity index is 1.36. The summed E-state index contributed by atoms with van der Waals surface area (Å²) < 4.78 is 6.29. The molecular weight excluding hydrogens is 584 g/mol. The Labute approximate surface area is 286 Å². The third-order valence-corrected chi connectivity index (χ3v) is 16.1. The first-order chi connectivity index (χ1) is 21.9. The molecule has 0 aromatic carbocycles. The van der Waals surface area contributed by atoms with E-state index >= 15 is 0 Å². The number of esters is 1. The number of ether oxygens (including phenoxy) is 1. The van der Waals surface area contributed by atoms with Gasteiger partial charge in [0.15, 0.2) is 0 Å². The summed E-state index contributed by atoms with van der Waals surface area (Å²) in [5, 5.41) is 6.15. The average Bonchev–Trinajstić information content (AvgIpc) is 3.37. The molecule has 0 aromatic rings. The van der Waals surface area contributed by atoms with Crippen molar-refractivity contribution >= 4 is 11.9 Å². The van der Waals surface area contributed by atoms with Gasteiger partial charge in [-0.2, -0.15) is 0 Å². The maximum absolute atomic E-state index is 13.2. The number of hydrogen-bond donors (Lipinski definition) is 1. The van der Waals surface area contributed by atoms with E-state index in [1.165, 1.54) is 69.8 Å². The Morgan fingerprint density at radius 2 is 1.62 bits per heavy atom. The topological polar surface area (TPSA) is 84.8 Å². The molecule has 5 saturated carbocycles. The highest BCUT2D eigenvalue weighted by atomic mass is 16.5. The van der Waals surface area contributed by atoms with Crippen molar-refractivity contribution in [2.24, 2.45) is 67.3 Å². The minimum Gasteiger partial charge on any atom is -0.462 e. The lowest BCUT2D eigenvalue weighted by Crippen LogP contribution is -2.66. The van der Waals surface area contributed by atoms with Crippen molar-refractivity contribution in [1.82, 2.24) is 5.32 Å². The van der Waals surface area contributed by atoms with Gasteiger partial charge in [0, 0.05) is 17.0 Å². The van der Waals surface area contributed by atoms with Gasteiger partial charge in [0.05, 0.1) is 6.42 Å². The van der Waals surface area contributed by atoms with Crippen molar-refractivity contribution in [3.05, 3.63) is 17.1 Å². The summed E-state index contributed by atoms with van der Waals surface area (Å²) in [4.78, 5) is 35.6. The van der Waals surface area contributed by atoms with Gasteiger partial charge >= 0.3 is 5.97 Å². The van der Waals surface area contributed by atoms with E-state index in [4.69, 9.17) is 4.74 Å². The molecule has 6 heteroatoms. The number of hydrogen-bond acceptors (Lipinski definition) is 5. The Hall–Kier alpha value is -1.56. The minimum absolute atomic E-state index is 0.0362. The van der Waals surface area contributed by atoms with E-state index in [2.05, 4.69) is 65.5 Å². The number of carbonyl (C=O) groups excluding carboxylic acids is 2. The Kier molecular flexibility index (Phi) is 10.1. The highest BCUT2D eigenvalue weighted by Gasteiger charge is 2.71. The molecule has 5 aliphatic carbocycles. The normalized spacial score (nSPS) is 42.3. The van der Waals surface area contributed by atoms with Gasteiger partial charge in [-0.3, -0.25) is 9.59 Å². The van der Waals surface area contributed by atoms with Crippen LogP contribution in [-0.2, 0) is 14.3 Å². The SMILES string of the molecule is C=C(C)[C@@H]1CC[C@]2(CCCNCC)CC[C@]3(C)[C@H](CC[C@@H]4[C@@]5(C)CC[C@H](OC(=O)CC(C)(C)CC(=O)N=O)C(C)(C)[C@@H]5CC[C@]43C)[C@@H]12. The van der Waals surface area contributed by atoms with Crippen molar-refractivity contribution in [2.45, 2.75) is 158 Å². The zero-order valence-corrected chi connectivity index (χ0v) is 31.6. The van der Waals surface area contributed by atoms with Crippen molar-refractivity contribution in [3.63, 3.8) is 0 Å². The van der Waals surface area contributed by atoms with E-state index < -0.39 is 11.3 Å². The summed E-state index contributed by atoms with van der Waals surface area (Å²) in [7, 11) is 0. The molecule has 0 radical (unpaired) electrons. The van der Waals surface area contributed by atoms with Crippen LogP contribution < -0.4 is 5.32 Å². The number of carbonyl (C=O) groups is 2. The summed E-state index contributed by atoms with van der Waals surface area (Å²) in [6.45, 7) is 27.8. The van der Waals surface area contributed by atoms with Crippen molar-refractivity contribution in [2.75, 3.05) is 13.1 Å². The molecule has 47 heavy (non-hydrogen) atoms. The average molecular weight is 653 g/mol. The maximum atomic E-state index is 13.2. The van der Waals surface area contributed by atoms with E-state index in [1.807, 2.05) is 13.8 Å². The third kappa shape index (κ3) is 6.11. The van der Waals surface area contributed by atoms with Gasteiger partial charge in [0.25, 0.3) is 5.91 Å². The van der Waals surface area contributed by atoms with Crippen LogP contribution in [-0.4, -0.2) is 31.1 Å². The van der Waals surface area contributed by atoms with E-state index in [0.29, 0.717) is 34.0 Å². The second-order valence-corrected chi connectivity index (χ2v) is 19.3. The number of fused-ring (bicyclic) bond motifs is 7. The predicted octanol–water partition coefficient (Wildman–Crippen LogP) is 10.0. The van der Waals surface area contributed by atoms with Gasteiger partial charge in [0.2, 0.25) is 0 Å². The third-order valence-electron chi connectivity index (χ3n) is 16.1. The second-order valence-electron chi connectivity index (χ2n) is 19.3. The molecule has 0 aromatic heterocycles. The quantitative estimate of drug-likeness (QED) is 0.104. The lowest BCUT2D eigenvalue weighted by molar-refractivity contribution is -0.250. The summed E-state index contributed by atoms with van der Waals surface area (Å²) in [5.74, 6) is 2.43. The van der Waals surface area contributed by atoms with Crippen LogP contribution in [0.15, 0.2) is 17.3 Å². The first kappa shape index (κ1) is 36.7. The van der Waals surface area contributed by atoms with Gasteiger partial charge in [0.1, 0.15) is 6.10 Å². The fraction of sp³-hybridized carbons (Fsp3) is 0.902. The number of amides is 1. The number of allylic oxidation sites excluding steroid dienone is 1. The number of rotatable bonds is 11. The van der Waals surface area contributed by atoms with Gasteiger partial charge in [-0.1, -0.05) is 67.5 Å². The Bertz CT molecular complexity index is 1230. The summed E-state index contributed by atoms with van der Waals surface area (Å²) >= 11 is 0. The molecule has 5 fully saturated rings. The molecule has 0 bridgehead atoms. The van der Waals surface area contributed by atoms with Gasteiger partial charge in [-0.25, -0.2) is 0 Å².